The first kappa shape index (κ1) is 28.2. The van der Waals surface area contributed by atoms with Gasteiger partial charge < -0.3 is 15.0 Å². The number of hydrogen-bond acceptors (Lipinski definition) is 5. The fraction of sp³-hybridized carbons (Fsp3) is 0.364. The van der Waals surface area contributed by atoms with E-state index in [0.29, 0.717) is 27.8 Å². The minimum atomic E-state index is -4.76. The molecule has 2 aromatic rings. The van der Waals surface area contributed by atoms with Crippen LogP contribution in [-0.2, 0) is 32.3 Å². The molecule has 35 heavy (non-hydrogen) atoms. The number of likely N-dealkylation sites (N-methyl/N-ethyl adjacent to an activating group) is 1. The maximum atomic E-state index is 13.3. The Hall–Kier alpha value is -2.99. The number of rotatable bonds is 9. The number of alkyl halides is 3. The van der Waals surface area contributed by atoms with Crippen LogP contribution in [0.15, 0.2) is 42.5 Å². The molecule has 0 aromatic heterocycles. The minimum absolute atomic E-state index is 0.0780. The van der Waals surface area contributed by atoms with Crippen molar-refractivity contribution in [1.82, 2.24) is 10.2 Å². The fourth-order valence-corrected chi connectivity index (χ4v) is 4.32. The molecule has 2 rings (SSSR count). The molecule has 0 saturated carbocycles. The predicted molar refractivity (Wildman–Crippen MR) is 126 cm³/mol. The van der Waals surface area contributed by atoms with Crippen LogP contribution in [0.5, 0.6) is 5.75 Å². The van der Waals surface area contributed by atoms with E-state index in [9.17, 15) is 31.2 Å². The molecular formula is C22H25ClF3N3O5S. The number of hydrogen-bond donors (Lipinski definition) is 1. The number of nitrogens with zero attached hydrogens (tertiary/aromatic N) is 2. The Balaban J connectivity index is 2.47. The molecular weight excluding hydrogens is 511 g/mol. The molecule has 0 aliphatic carbocycles. The van der Waals surface area contributed by atoms with Gasteiger partial charge in [-0.3, -0.25) is 13.9 Å². The molecule has 1 N–H and O–H groups in total. The lowest BCUT2D eigenvalue weighted by molar-refractivity contribution is -0.139. The first-order valence-corrected chi connectivity index (χ1v) is 12.4. The van der Waals surface area contributed by atoms with Crippen molar-refractivity contribution in [3.05, 3.63) is 58.6 Å². The molecule has 2 aromatic carbocycles. The Kier molecular flexibility index (Phi) is 9.01. The zero-order valence-electron chi connectivity index (χ0n) is 19.4. The maximum Gasteiger partial charge on any atom is 0.416 e. The average Bonchev–Trinajstić information content (AvgIpc) is 2.79. The van der Waals surface area contributed by atoms with Crippen molar-refractivity contribution in [2.45, 2.75) is 25.7 Å². The van der Waals surface area contributed by atoms with Gasteiger partial charge in [0.2, 0.25) is 21.8 Å². The van der Waals surface area contributed by atoms with E-state index < -0.39 is 51.9 Å². The van der Waals surface area contributed by atoms with Crippen LogP contribution in [0.1, 0.15) is 18.1 Å². The van der Waals surface area contributed by atoms with E-state index in [1.807, 2.05) is 0 Å². The Bertz CT molecular complexity index is 1170. The zero-order valence-corrected chi connectivity index (χ0v) is 21.0. The fourth-order valence-electron chi connectivity index (χ4n) is 3.19. The van der Waals surface area contributed by atoms with Crippen molar-refractivity contribution in [3.8, 4) is 5.75 Å². The Morgan fingerprint density at radius 2 is 1.74 bits per heavy atom. The van der Waals surface area contributed by atoms with Gasteiger partial charge in [0.25, 0.3) is 0 Å². The van der Waals surface area contributed by atoms with E-state index in [-0.39, 0.29) is 11.6 Å². The van der Waals surface area contributed by atoms with Crippen LogP contribution in [0.2, 0.25) is 5.02 Å². The van der Waals surface area contributed by atoms with Crippen molar-refractivity contribution >= 4 is 39.1 Å². The molecule has 0 heterocycles. The molecule has 0 bridgehead atoms. The second-order valence-corrected chi connectivity index (χ2v) is 9.91. The largest absolute Gasteiger partial charge is 0.497 e. The van der Waals surface area contributed by atoms with Gasteiger partial charge in [-0.1, -0.05) is 23.7 Å². The number of carbonyl (C=O) groups excluding carboxylic acids is 2. The molecule has 192 valence electrons. The lowest BCUT2D eigenvalue weighted by Crippen LogP contribution is -2.50. The number of methoxy groups -OCH3 is 1. The number of carbonyl (C=O) groups is 2. The summed E-state index contributed by atoms with van der Waals surface area (Å²) in [5, 5.41) is 2.13. The highest BCUT2D eigenvalue weighted by molar-refractivity contribution is 7.92. The smallest absolute Gasteiger partial charge is 0.416 e. The third-order valence-corrected chi connectivity index (χ3v) is 6.59. The first-order valence-electron chi connectivity index (χ1n) is 10.2. The summed E-state index contributed by atoms with van der Waals surface area (Å²) in [6, 6.07) is 7.77. The molecule has 2 amide bonds. The number of ether oxygens (including phenoxy) is 1. The summed E-state index contributed by atoms with van der Waals surface area (Å²) in [6.07, 6.45) is -4.02. The number of anilines is 1. The average molecular weight is 536 g/mol. The van der Waals surface area contributed by atoms with Crippen molar-refractivity contribution < 1.29 is 35.9 Å². The van der Waals surface area contributed by atoms with Crippen LogP contribution in [0.25, 0.3) is 0 Å². The van der Waals surface area contributed by atoms with Gasteiger partial charge >= 0.3 is 6.18 Å². The summed E-state index contributed by atoms with van der Waals surface area (Å²) in [6.45, 7) is 0.491. The normalized spacial score (nSPS) is 12.6. The summed E-state index contributed by atoms with van der Waals surface area (Å²) in [5.74, 6) is -0.779. The highest BCUT2D eigenvalue weighted by Crippen LogP contribution is 2.36. The third kappa shape index (κ3) is 7.25. The van der Waals surface area contributed by atoms with E-state index in [0.717, 1.165) is 17.2 Å². The Labute approximate surface area is 206 Å². The van der Waals surface area contributed by atoms with Gasteiger partial charge in [0.15, 0.2) is 0 Å². The molecule has 0 aliphatic heterocycles. The molecule has 0 radical (unpaired) electrons. The summed E-state index contributed by atoms with van der Waals surface area (Å²) in [4.78, 5) is 26.7. The van der Waals surface area contributed by atoms with E-state index in [2.05, 4.69) is 5.32 Å². The molecule has 13 heteroatoms. The van der Waals surface area contributed by atoms with Gasteiger partial charge in [-0.05, 0) is 42.8 Å². The van der Waals surface area contributed by atoms with Gasteiger partial charge in [0.05, 0.1) is 29.6 Å². The van der Waals surface area contributed by atoms with Gasteiger partial charge in [-0.15, -0.1) is 0 Å². The van der Waals surface area contributed by atoms with Crippen molar-refractivity contribution in [1.29, 1.82) is 0 Å². The maximum absolute atomic E-state index is 13.3. The summed E-state index contributed by atoms with van der Waals surface area (Å²) in [5.41, 5.74) is -1.03. The molecule has 1 atom stereocenters. The quantitative estimate of drug-likeness (QED) is 0.531. The van der Waals surface area contributed by atoms with E-state index in [4.69, 9.17) is 16.3 Å². The lowest BCUT2D eigenvalue weighted by atomic mass is 10.1. The van der Waals surface area contributed by atoms with Crippen LogP contribution in [0, 0.1) is 0 Å². The second kappa shape index (κ2) is 11.2. The zero-order chi connectivity index (χ0) is 26.6. The van der Waals surface area contributed by atoms with Crippen molar-refractivity contribution in [2.75, 3.05) is 31.3 Å². The lowest BCUT2D eigenvalue weighted by Gasteiger charge is -2.31. The molecule has 0 unspecified atom stereocenters. The SMILES string of the molecule is CNC(=O)[C@H](C)N(Cc1ccc(OC)cc1)C(=O)CN(c1cc(C(F)(F)F)ccc1Cl)S(C)(=O)=O. The number of amides is 2. The molecule has 8 nitrogen and oxygen atoms in total. The summed E-state index contributed by atoms with van der Waals surface area (Å²) in [7, 11) is -1.39. The third-order valence-electron chi connectivity index (χ3n) is 5.15. The van der Waals surface area contributed by atoms with E-state index in [1.165, 1.54) is 21.1 Å². The van der Waals surface area contributed by atoms with Gasteiger partial charge in [0, 0.05) is 13.6 Å². The predicted octanol–water partition coefficient (Wildman–Crippen LogP) is 3.30. The van der Waals surface area contributed by atoms with E-state index >= 15 is 0 Å². The van der Waals surface area contributed by atoms with Crippen molar-refractivity contribution in [3.63, 3.8) is 0 Å². The van der Waals surface area contributed by atoms with Crippen LogP contribution in [0.3, 0.4) is 0 Å². The van der Waals surface area contributed by atoms with Crippen molar-refractivity contribution in [2.24, 2.45) is 0 Å². The van der Waals surface area contributed by atoms with Crippen LogP contribution in [0.4, 0.5) is 18.9 Å². The van der Waals surface area contributed by atoms with Gasteiger partial charge in [-0.25, -0.2) is 8.42 Å². The molecule has 0 aliphatic rings. The van der Waals surface area contributed by atoms with Gasteiger partial charge in [-0.2, -0.15) is 13.2 Å². The Morgan fingerprint density at radius 3 is 2.23 bits per heavy atom. The Morgan fingerprint density at radius 1 is 1.14 bits per heavy atom. The topological polar surface area (TPSA) is 96.0 Å². The molecule has 0 spiro atoms. The van der Waals surface area contributed by atoms with Crippen LogP contribution in [-0.4, -0.2) is 58.1 Å². The van der Waals surface area contributed by atoms with Crippen LogP contribution >= 0.6 is 11.6 Å². The number of benzene rings is 2. The van der Waals surface area contributed by atoms with E-state index in [1.54, 1.807) is 24.3 Å². The second-order valence-electron chi connectivity index (χ2n) is 7.59. The van der Waals surface area contributed by atoms with Crippen LogP contribution < -0.4 is 14.4 Å². The minimum Gasteiger partial charge on any atom is -0.497 e. The summed E-state index contributed by atoms with van der Waals surface area (Å²) >= 11 is 6.03. The highest BCUT2D eigenvalue weighted by Gasteiger charge is 2.34. The monoisotopic (exact) mass is 535 g/mol. The van der Waals surface area contributed by atoms with Gasteiger partial charge in [0.1, 0.15) is 18.3 Å². The number of halogens is 4. The molecule has 0 fully saturated rings. The standard InChI is InChI=1S/C22H25ClF3N3O5S/c1-14(21(31)27-2)28(12-15-5-8-17(34-3)9-6-15)20(30)13-29(35(4,32)33)19-11-16(22(24,25)26)7-10-18(19)23/h5-11,14H,12-13H2,1-4H3,(H,27,31)/t14-/m0/s1. The number of sulfonamides is 1. The summed E-state index contributed by atoms with van der Waals surface area (Å²) < 4.78 is 70.3. The first-order chi connectivity index (χ1) is 16.2. The molecule has 0 saturated heterocycles. The number of nitrogens with one attached hydrogen (secondary N) is 1. The highest BCUT2D eigenvalue weighted by atomic mass is 35.5.